The van der Waals surface area contributed by atoms with Crippen LogP contribution in [0.1, 0.15) is 17.5 Å². The Morgan fingerprint density at radius 3 is 2.46 bits per heavy atom. The number of hydrogen-bond acceptors (Lipinski definition) is 1. The van der Waals surface area contributed by atoms with Crippen molar-refractivity contribution in [2.45, 2.75) is 12.3 Å². The molecular formula is C11H11ClO. The summed E-state index contributed by atoms with van der Waals surface area (Å²) in [5, 5.41) is 8.51. The molecule has 0 spiro atoms. The molecule has 13 heavy (non-hydrogen) atoms. The lowest BCUT2D eigenvalue weighted by Gasteiger charge is -1.93. The number of rotatable bonds is 2. The predicted molar refractivity (Wildman–Crippen MR) is 54.6 cm³/mol. The van der Waals surface area contributed by atoms with E-state index in [1.54, 1.807) is 0 Å². The zero-order valence-corrected chi connectivity index (χ0v) is 8.01. The molecule has 1 N–H and O–H groups in total. The van der Waals surface area contributed by atoms with E-state index in [1.165, 1.54) is 0 Å². The molecule has 0 atom stereocenters. The molecule has 0 radical (unpaired) electrons. The summed E-state index contributed by atoms with van der Waals surface area (Å²) in [4.78, 5) is 0. The first-order chi connectivity index (χ1) is 6.36. The van der Waals surface area contributed by atoms with Gasteiger partial charge in [-0.2, -0.15) is 0 Å². The molecule has 0 aliphatic heterocycles. The Morgan fingerprint density at radius 1 is 1.23 bits per heavy atom. The highest BCUT2D eigenvalue weighted by Crippen LogP contribution is 2.05. The van der Waals surface area contributed by atoms with E-state index < -0.39 is 0 Å². The Morgan fingerprint density at radius 2 is 1.92 bits per heavy atom. The topological polar surface area (TPSA) is 20.2 Å². The Hall–Kier alpha value is -0.970. The second-order valence-electron chi connectivity index (χ2n) is 2.61. The quantitative estimate of drug-likeness (QED) is 0.565. The van der Waals surface area contributed by atoms with Crippen molar-refractivity contribution in [3.05, 3.63) is 35.4 Å². The average Bonchev–Trinajstić information content (AvgIpc) is 2.19. The third-order valence-electron chi connectivity index (χ3n) is 1.58. The summed E-state index contributed by atoms with van der Waals surface area (Å²) in [6, 6.07) is 7.77. The molecule has 68 valence electrons. The van der Waals surface area contributed by atoms with Crippen molar-refractivity contribution in [2.75, 3.05) is 6.61 Å². The zero-order chi connectivity index (χ0) is 9.52. The normalized spacial score (nSPS) is 9.08. The van der Waals surface area contributed by atoms with Crippen LogP contribution in [0.15, 0.2) is 24.3 Å². The van der Waals surface area contributed by atoms with E-state index >= 15 is 0 Å². The molecular weight excluding hydrogens is 184 g/mol. The minimum atomic E-state index is 0.118. The number of benzene rings is 1. The average molecular weight is 195 g/mol. The van der Waals surface area contributed by atoms with E-state index in [4.69, 9.17) is 16.7 Å². The highest BCUT2D eigenvalue weighted by Gasteiger charge is 1.88. The van der Waals surface area contributed by atoms with Gasteiger partial charge in [-0.15, -0.1) is 11.6 Å². The first kappa shape index (κ1) is 10.1. The van der Waals surface area contributed by atoms with Gasteiger partial charge in [0.2, 0.25) is 0 Å². The lowest BCUT2D eigenvalue weighted by atomic mass is 10.1. The van der Waals surface area contributed by atoms with Crippen molar-refractivity contribution < 1.29 is 5.11 Å². The molecule has 0 saturated carbocycles. The molecule has 1 nitrogen and oxygen atoms in total. The van der Waals surface area contributed by atoms with Gasteiger partial charge in [-0.1, -0.05) is 24.0 Å². The Bertz CT molecular complexity index is 305. The summed E-state index contributed by atoms with van der Waals surface area (Å²) < 4.78 is 0. The van der Waals surface area contributed by atoms with E-state index in [0.29, 0.717) is 12.3 Å². The van der Waals surface area contributed by atoms with Crippen LogP contribution in [-0.4, -0.2) is 11.7 Å². The smallest absolute Gasteiger partial charge is 0.0540 e. The summed E-state index contributed by atoms with van der Waals surface area (Å²) in [7, 11) is 0. The van der Waals surface area contributed by atoms with Gasteiger partial charge >= 0.3 is 0 Å². The van der Waals surface area contributed by atoms with Gasteiger partial charge in [0.25, 0.3) is 0 Å². The number of hydrogen-bond donors (Lipinski definition) is 1. The molecule has 0 bridgehead atoms. The van der Waals surface area contributed by atoms with Gasteiger partial charge in [0.1, 0.15) is 0 Å². The predicted octanol–water partition coefficient (Wildman–Crippen LogP) is 2.16. The van der Waals surface area contributed by atoms with Gasteiger partial charge in [0.05, 0.1) is 6.61 Å². The maximum atomic E-state index is 8.51. The monoisotopic (exact) mass is 194 g/mol. The maximum Gasteiger partial charge on any atom is 0.0540 e. The summed E-state index contributed by atoms with van der Waals surface area (Å²) in [5.41, 5.74) is 2.05. The third kappa shape index (κ3) is 3.50. The van der Waals surface area contributed by atoms with Crippen LogP contribution in [0, 0.1) is 11.8 Å². The van der Waals surface area contributed by atoms with Crippen LogP contribution in [-0.2, 0) is 5.88 Å². The largest absolute Gasteiger partial charge is 0.395 e. The van der Waals surface area contributed by atoms with Gasteiger partial charge in [0, 0.05) is 17.9 Å². The van der Waals surface area contributed by atoms with Crippen molar-refractivity contribution in [1.82, 2.24) is 0 Å². The minimum Gasteiger partial charge on any atom is -0.395 e. The fraction of sp³-hybridized carbons (Fsp3) is 0.273. The molecule has 0 aliphatic carbocycles. The Labute approximate surface area is 83.4 Å². The number of halogens is 1. The van der Waals surface area contributed by atoms with E-state index in [0.717, 1.165) is 11.1 Å². The lowest BCUT2D eigenvalue weighted by molar-refractivity contribution is 0.305. The van der Waals surface area contributed by atoms with Crippen LogP contribution in [0.4, 0.5) is 0 Å². The molecule has 0 fully saturated rings. The molecule has 0 aliphatic rings. The van der Waals surface area contributed by atoms with Gasteiger partial charge in [0.15, 0.2) is 0 Å². The summed E-state index contributed by atoms with van der Waals surface area (Å²) in [6.45, 7) is 0.118. The van der Waals surface area contributed by atoms with Crippen molar-refractivity contribution in [1.29, 1.82) is 0 Å². The van der Waals surface area contributed by atoms with E-state index in [2.05, 4.69) is 11.8 Å². The first-order valence-corrected chi connectivity index (χ1v) is 4.65. The van der Waals surface area contributed by atoms with Crippen LogP contribution >= 0.6 is 11.6 Å². The second kappa shape index (κ2) is 5.64. The highest BCUT2D eigenvalue weighted by atomic mass is 35.5. The van der Waals surface area contributed by atoms with Crippen molar-refractivity contribution in [3.63, 3.8) is 0 Å². The fourth-order valence-corrected chi connectivity index (χ4v) is 1.08. The molecule has 0 aromatic heterocycles. The van der Waals surface area contributed by atoms with Crippen LogP contribution in [0.3, 0.4) is 0 Å². The molecule has 1 aromatic rings. The molecule has 0 heterocycles. The van der Waals surface area contributed by atoms with Gasteiger partial charge in [-0.3, -0.25) is 0 Å². The fourth-order valence-electron chi connectivity index (χ4n) is 0.898. The molecule has 0 amide bonds. The maximum absolute atomic E-state index is 8.51. The van der Waals surface area contributed by atoms with Crippen molar-refractivity contribution in [3.8, 4) is 11.8 Å². The van der Waals surface area contributed by atoms with Gasteiger partial charge < -0.3 is 5.11 Å². The van der Waals surface area contributed by atoms with Crippen LogP contribution in [0.5, 0.6) is 0 Å². The summed E-state index contributed by atoms with van der Waals surface area (Å²) >= 11 is 5.64. The van der Waals surface area contributed by atoms with Gasteiger partial charge in [-0.05, 0) is 17.7 Å². The van der Waals surface area contributed by atoms with Crippen LogP contribution < -0.4 is 0 Å². The van der Waals surface area contributed by atoms with Crippen LogP contribution in [0.2, 0.25) is 0 Å². The van der Waals surface area contributed by atoms with E-state index in [1.807, 2.05) is 24.3 Å². The van der Waals surface area contributed by atoms with Crippen LogP contribution in [0.25, 0.3) is 0 Å². The highest BCUT2D eigenvalue weighted by molar-refractivity contribution is 6.17. The second-order valence-corrected chi connectivity index (χ2v) is 2.87. The first-order valence-electron chi connectivity index (χ1n) is 4.11. The SMILES string of the molecule is OCCC#Cc1ccc(CCl)cc1. The standard InChI is InChI=1S/C11H11ClO/c12-9-11-6-4-10(5-7-11)3-1-2-8-13/h4-7,13H,2,8-9H2. The van der Waals surface area contributed by atoms with Crippen molar-refractivity contribution in [2.24, 2.45) is 0 Å². The summed E-state index contributed by atoms with van der Waals surface area (Å²) in [6.07, 6.45) is 0.525. The molecule has 2 heteroatoms. The van der Waals surface area contributed by atoms with E-state index in [-0.39, 0.29) is 6.61 Å². The molecule has 1 rings (SSSR count). The number of aliphatic hydroxyl groups excluding tert-OH is 1. The molecule has 0 saturated heterocycles. The Kier molecular flexibility index (Phi) is 4.39. The number of aliphatic hydroxyl groups is 1. The lowest BCUT2D eigenvalue weighted by Crippen LogP contribution is -1.80. The van der Waals surface area contributed by atoms with Gasteiger partial charge in [-0.25, -0.2) is 0 Å². The third-order valence-corrected chi connectivity index (χ3v) is 1.89. The molecule has 0 unspecified atom stereocenters. The zero-order valence-electron chi connectivity index (χ0n) is 7.26. The number of alkyl halides is 1. The minimum absolute atomic E-state index is 0.118. The van der Waals surface area contributed by atoms with E-state index in [9.17, 15) is 0 Å². The Balaban J connectivity index is 2.65. The van der Waals surface area contributed by atoms with Crippen molar-refractivity contribution >= 4 is 11.6 Å². The summed E-state index contributed by atoms with van der Waals surface area (Å²) in [5.74, 6) is 6.33. The molecule has 1 aromatic carbocycles.